The Kier molecular flexibility index (Phi) is 4.62. The molecule has 0 unspecified atom stereocenters. The van der Waals surface area contributed by atoms with Crippen molar-refractivity contribution in [2.45, 2.75) is 26.7 Å². The third-order valence-corrected chi connectivity index (χ3v) is 3.21. The van der Waals surface area contributed by atoms with Gasteiger partial charge in [-0.25, -0.2) is 0 Å². The van der Waals surface area contributed by atoms with Crippen molar-refractivity contribution in [3.8, 4) is 5.75 Å². The van der Waals surface area contributed by atoms with E-state index in [2.05, 4.69) is 44.2 Å². The summed E-state index contributed by atoms with van der Waals surface area (Å²) in [6.07, 6.45) is 2.05. The van der Waals surface area contributed by atoms with Gasteiger partial charge in [-0.05, 0) is 53.6 Å². The highest BCUT2D eigenvalue weighted by molar-refractivity contribution is 5.34. The zero-order chi connectivity index (χ0) is 13.7. The van der Waals surface area contributed by atoms with Gasteiger partial charge in [0.2, 0.25) is 0 Å². The molecular formula is C18H21O. The Labute approximate surface area is 116 Å². The molecule has 0 bridgehead atoms. The summed E-state index contributed by atoms with van der Waals surface area (Å²) in [6.45, 7) is 4.51. The predicted molar refractivity (Wildman–Crippen MR) is 79.6 cm³/mol. The number of benzene rings is 2. The van der Waals surface area contributed by atoms with E-state index in [1.165, 1.54) is 16.7 Å². The zero-order valence-corrected chi connectivity index (χ0v) is 11.9. The van der Waals surface area contributed by atoms with Crippen LogP contribution in [0.5, 0.6) is 5.75 Å². The lowest BCUT2D eigenvalue weighted by Crippen LogP contribution is -2.00. The van der Waals surface area contributed by atoms with Crippen LogP contribution >= 0.6 is 0 Å². The summed E-state index contributed by atoms with van der Waals surface area (Å²) in [6, 6.07) is 18.0. The first-order valence-electron chi connectivity index (χ1n) is 6.80. The lowest BCUT2D eigenvalue weighted by molar-refractivity contribution is 0.414. The Morgan fingerprint density at radius 3 is 2.47 bits per heavy atom. The molecule has 0 spiro atoms. The summed E-state index contributed by atoms with van der Waals surface area (Å²) in [4.78, 5) is 0. The predicted octanol–water partition coefficient (Wildman–Crippen LogP) is 4.28. The van der Waals surface area contributed by atoms with Gasteiger partial charge in [0.15, 0.2) is 0 Å². The lowest BCUT2D eigenvalue weighted by Gasteiger charge is -2.11. The Balaban J connectivity index is 2.17. The summed E-state index contributed by atoms with van der Waals surface area (Å²) in [5.41, 5.74) is 4.02. The first-order valence-corrected chi connectivity index (χ1v) is 6.80. The average molecular weight is 253 g/mol. The van der Waals surface area contributed by atoms with Crippen LogP contribution in [-0.4, -0.2) is 7.11 Å². The molecule has 0 heterocycles. The van der Waals surface area contributed by atoms with E-state index >= 15 is 0 Å². The minimum atomic E-state index is 0.672. The summed E-state index contributed by atoms with van der Waals surface area (Å²) in [5, 5.41) is 0. The molecule has 99 valence electrons. The second-order valence-electron chi connectivity index (χ2n) is 5.30. The van der Waals surface area contributed by atoms with Gasteiger partial charge < -0.3 is 4.74 Å². The second-order valence-corrected chi connectivity index (χ2v) is 5.30. The van der Waals surface area contributed by atoms with E-state index in [4.69, 9.17) is 4.74 Å². The van der Waals surface area contributed by atoms with Crippen LogP contribution in [0.2, 0.25) is 0 Å². The van der Waals surface area contributed by atoms with E-state index in [1.807, 2.05) is 18.2 Å². The number of hydrogen-bond acceptors (Lipinski definition) is 1. The van der Waals surface area contributed by atoms with Crippen molar-refractivity contribution in [2.24, 2.45) is 5.92 Å². The molecule has 0 aromatic heterocycles. The van der Waals surface area contributed by atoms with Crippen LogP contribution in [0.4, 0.5) is 0 Å². The van der Waals surface area contributed by atoms with E-state index in [0.29, 0.717) is 5.92 Å². The SMILES string of the molecule is COc1ccc(Cc2[c]cccc2CC(C)C)cc1. The highest BCUT2D eigenvalue weighted by atomic mass is 16.5. The molecule has 1 nitrogen and oxygen atoms in total. The number of ether oxygens (including phenoxy) is 1. The highest BCUT2D eigenvalue weighted by Gasteiger charge is 2.05. The Morgan fingerprint density at radius 1 is 1.11 bits per heavy atom. The van der Waals surface area contributed by atoms with Crippen LogP contribution in [0.25, 0.3) is 0 Å². The lowest BCUT2D eigenvalue weighted by atomic mass is 9.94. The van der Waals surface area contributed by atoms with Gasteiger partial charge in [-0.3, -0.25) is 0 Å². The summed E-state index contributed by atoms with van der Waals surface area (Å²) < 4.78 is 5.19. The van der Waals surface area contributed by atoms with Crippen molar-refractivity contribution in [2.75, 3.05) is 7.11 Å². The standard InChI is InChI=1S/C18H21O/c1-14(2)12-16-6-4-5-7-17(16)13-15-8-10-18(19-3)11-9-15/h4-6,8-11,14H,12-13H2,1-3H3. The number of methoxy groups -OCH3 is 1. The molecule has 0 N–H and O–H groups in total. The average Bonchev–Trinajstić information content (AvgIpc) is 2.41. The number of hydrogen-bond donors (Lipinski definition) is 0. The Morgan fingerprint density at radius 2 is 1.84 bits per heavy atom. The van der Waals surface area contributed by atoms with Crippen molar-refractivity contribution in [1.29, 1.82) is 0 Å². The monoisotopic (exact) mass is 253 g/mol. The molecule has 0 aliphatic heterocycles. The van der Waals surface area contributed by atoms with E-state index in [-0.39, 0.29) is 0 Å². The fourth-order valence-electron chi connectivity index (χ4n) is 2.25. The van der Waals surface area contributed by atoms with E-state index < -0.39 is 0 Å². The quantitative estimate of drug-likeness (QED) is 0.772. The van der Waals surface area contributed by atoms with Crippen LogP contribution in [0.1, 0.15) is 30.5 Å². The first kappa shape index (κ1) is 13.7. The van der Waals surface area contributed by atoms with E-state index in [1.54, 1.807) is 7.11 Å². The molecule has 1 heteroatoms. The topological polar surface area (TPSA) is 9.23 Å². The molecule has 19 heavy (non-hydrogen) atoms. The molecular weight excluding hydrogens is 232 g/mol. The molecule has 0 aliphatic carbocycles. The van der Waals surface area contributed by atoms with Crippen molar-refractivity contribution in [3.63, 3.8) is 0 Å². The first-order chi connectivity index (χ1) is 9.19. The smallest absolute Gasteiger partial charge is 0.118 e. The normalized spacial score (nSPS) is 10.7. The van der Waals surface area contributed by atoms with Crippen LogP contribution in [0.15, 0.2) is 42.5 Å². The minimum absolute atomic E-state index is 0.672. The Bertz CT molecular complexity index is 511. The molecule has 0 fully saturated rings. The van der Waals surface area contributed by atoms with Crippen molar-refractivity contribution >= 4 is 0 Å². The fraction of sp³-hybridized carbons (Fsp3) is 0.333. The highest BCUT2D eigenvalue weighted by Crippen LogP contribution is 2.19. The van der Waals surface area contributed by atoms with E-state index in [0.717, 1.165) is 18.6 Å². The van der Waals surface area contributed by atoms with Gasteiger partial charge in [0.25, 0.3) is 0 Å². The molecule has 2 aromatic carbocycles. The van der Waals surface area contributed by atoms with Crippen LogP contribution in [0.3, 0.4) is 0 Å². The third kappa shape index (κ3) is 3.85. The molecule has 0 saturated heterocycles. The maximum atomic E-state index is 5.19. The maximum absolute atomic E-state index is 5.19. The summed E-state index contributed by atoms with van der Waals surface area (Å²) >= 11 is 0. The molecule has 1 radical (unpaired) electrons. The van der Waals surface area contributed by atoms with Crippen molar-refractivity contribution in [3.05, 3.63) is 65.2 Å². The van der Waals surface area contributed by atoms with Gasteiger partial charge in [-0.1, -0.05) is 44.2 Å². The van der Waals surface area contributed by atoms with Crippen molar-refractivity contribution < 1.29 is 4.74 Å². The summed E-state index contributed by atoms with van der Waals surface area (Å²) in [5.74, 6) is 1.58. The minimum Gasteiger partial charge on any atom is -0.497 e. The molecule has 0 aliphatic rings. The van der Waals surface area contributed by atoms with Gasteiger partial charge in [0.1, 0.15) is 5.75 Å². The van der Waals surface area contributed by atoms with Gasteiger partial charge >= 0.3 is 0 Å². The molecule has 0 amide bonds. The third-order valence-electron chi connectivity index (χ3n) is 3.21. The molecule has 0 atom stereocenters. The molecule has 2 rings (SSSR count). The largest absolute Gasteiger partial charge is 0.497 e. The van der Waals surface area contributed by atoms with Gasteiger partial charge in [-0.15, -0.1) is 0 Å². The fourth-order valence-corrected chi connectivity index (χ4v) is 2.25. The van der Waals surface area contributed by atoms with Crippen LogP contribution in [0, 0.1) is 12.0 Å². The van der Waals surface area contributed by atoms with Gasteiger partial charge in [-0.2, -0.15) is 0 Å². The summed E-state index contributed by atoms with van der Waals surface area (Å²) in [7, 11) is 1.70. The maximum Gasteiger partial charge on any atom is 0.118 e. The van der Waals surface area contributed by atoms with E-state index in [9.17, 15) is 0 Å². The van der Waals surface area contributed by atoms with Gasteiger partial charge in [0, 0.05) is 0 Å². The zero-order valence-electron chi connectivity index (χ0n) is 11.9. The van der Waals surface area contributed by atoms with Crippen LogP contribution < -0.4 is 4.74 Å². The molecule has 0 saturated carbocycles. The van der Waals surface area contributed by atoms with Gasteiger partial charge in [0.05, 0.1) is 7.11 Å². The Hall–Kier alpha value is -1.76. The van der Waals surface area contributed by atoms with Crippen molar-refractivity contribution in [1.82, 2.24) is 0 Å². The number of rotatable bonds is 5. The second kappa shape index (κ2) is 6.42. The molecule has 2 aromatic rings. The van der Waals surface area contributed by atoms with Crippen LogP contribution in [-0.2, 0) is 12.8 Å².